The van der Waals surface area contributed by atoms with Gasteiger partial charge in [0, 0.05) is 27.5 Å². The van der Waals surface area contributed by atoms with Crippen LogP contribution in [0.5, 0.6) is 0 Å². The topological polar surface area (TPSA) is 17.8 Å². The number of thiazole rings is 1. The van der Waals surface area contributed by atoms with Gasteiger partial charge < -0.3 is 4.57 Å². The van der Waals surface area contributed by atoms with E-state index in [0.717, 1.165) is 16.7 Å². The first kappa shape index (κ1) is 12.9. The van der Waals surface area contributed by atoms with E-state index in [9.17, 15) is 0 Å². The number of benzene rings is 1. The van der Waals surface area contributed by atoms with Crippen LogP contribution in [0, 0.1) is 0 Å². The molecule has 0 radical (unpaired) electrons. The summed E-state index contributed by atoms with van der Waals surface area (Å²) in [5.74, 6) is 0.509. The average Bonchev–Trinajstić information content (AvgIpc) is 2.98. The Bertz CT molecular complexity index is 712. The van der Waals surface area contributed by atoms with Crippen LogP contribution in [0.1, 0.15) is 30.5 Å². The fourth-order valence-electron chi connectivity index (χ4n) is 2.13. The first-order valence-electron chi connectivity index (χ1n) is 6.32. The second kappa shape index (κ2) is 5.10. The van der Waals surface area contributed by atoms with Crippen molar-refractivity contribution in [3.63, 3.8) is 0 Å². The van der Waals surface area contributed by atoms with E-state index in [1.165, 1.54) is 15.9 Å². The minimum atomic E-state index is 0.509. The molecule has 0 aliphatic carbocycles. The first-order chi connectivity index (χ1) is 9.13. The molecule has 0 amide bonds. The van der Waals surface area contributed by atoms with Crippen molar-refractivity contribution in [3.05, 3.63) is 51.0 Å². The van der Waals surface area contributed by atoms with Crippen molar-refractivity contribution in [3.8, 4) is 0 Å². The lowest BCUT2D eigenvalue weighted by Crippen LogP contribution is -1.98. The Morgan fingerprint density at radius 3 is 2.89 bits per heavy atom. The van der Waals surface area contributed by atoms with Crippen LogP contribution in [0.2, 0.25) is 0 Å². The number of aromatic nitrogens is 2. The zero-order chi connectivity index (χ0) is 13.4. The molecule has 0 N–H and O–H groups in total. The largest absolute Gasteiger partial charge is 0.341 e. The maximum absolute atomic E-state index is 4.70. The molecule has 0 aliphatic rings. The van der Waals surface area contributed by atoms with Crippen molar-refractivity contribution in [2.75, 3.05) is 0 Å². The van der Waals surface area contributed by atoms with Crippen LogP contribution < -0.4 is 0 Å². The number of rotatable bonds is 3. The van der Waals surface area contributed by atoms with Gasteiger partial charge in [0.2, 0.25) is 0 Å². The van der Waals surface area contributed by atoms with Crippen molar-refractivity contribution in [2.24, 2.45) is 0 Å². The molecule has 98 valence electrons. The Balaban J connectivity index is 1.94. The Hall–Kier alpha value is -1.13. The van der Waals surface area contributed by atoms with Gasteiger partial charge in [-0.2, -0.15) is 0 Å². The molecule has 1 aromatic carbocycles. The summed E-state index contributed by atoms with van der Waals surface area (Å²) < 4.78 is 3.36. The lowest BCUT2D eigenvalue weighted by molar-refractivity contribution is 0.787. The quantitative estimate of drug-likeness (QED) is 0.656. The van der Waals surface area contributed by atoms with Gasteiger partial charge in [-0.05, 0) is 23.6 Å². The predicted octanol–water partition coefficient (Wildman–Crippen LogP) is 5.03. The highest BCUT2D eigenvalue weighted by atomic mass is 79.9. The van der Waals surface area contributed by atoms with Crippen LogP contribution in [-0.4, -0.2) is 9.55 Å². The van der Waals surface area contributed by atoms with Crippen LogP contribution in [0.3, 0.4) is 0 Å². The van der Waals surface area contributed by atoms with E-state index >= 15 is 0 Å². The molecule has 0 bridgehead atoms. The lowest BCUT2D eigenvalue weighted by Gasteiger charge is -2.03. The van der Waals surface area contributed by atoms with Crippen molar-refractivity contribution in [1.29, 1.82) is 0 Å². The second-order valence-corrected chi connectivity index (χ2v) is 6.78. The molecule has 3 aromatic rings. The molecule has 0 aliphatic heterocycles. The SMILES string of the molecule is CC(C)c1nc(Cn2ccc3ccc(Br)cc32)cs1. The van der Waals surface area contributed by atoms with Crippen molar-refractivity contribution in [2.45, 2.75) is 26.3 Å². The summed E-state index contributed by atoms with van der Waals surface area (Å²) in [5.41, 5.74) is 2.39. The molecule has 0 atom stereocenters. The fourth-order valence-corrected chi connectivity index (χ4v) is 3.31. The summed E-state index contributed by atoms with van der Waals surface area (Å²) in [5, 5.41) is 4.65. The predicted molar refractivity (Wildman–Crippen MR) is 84.9 cm³/mol. The van der Waals surface area contributed by atoms with E-state index in [1.54, 1.807) is 11.3 Å². The zero-order valence-electron chi connectivity index (χ0n) is 10.9. The molecule has 2 nitrogen and oxygen atoms in total. The van der Waals surface area contributed by atoms with Gasteiger partial charge in [0.05, 0.1) is 17.2 Å². The lowest BCUT2D eigenvalue weighted by atomic mass is 10.2. The van der Waals surface area contributed by atoms with Crippen LogP contribution in [0.25, 0.3) is 10.9 Å². The summed E-state index contributed by atoms with van der Waals surface area (Å²) in [6.07, 6.45) is 2.13. The van der Waals surface area contributed by atoms with Gasteiger partial charge in [-0.3, -0.25) is 0 Å². The Labute approximate surface area is 125 Å². The Morgan fingerprint density at radius 1 is 1.32 bits per heavy atom. The molecule has 2 aromatic heterocycles. The summed E-state index contributed by atoms with van der Waals surface area (Å²) in [7, 11) is 0. The molecular formula is C15H15BrN2S. The Kier molecular flexibility index (Phi) is 3.46. The molecule has 4 heteroatoms. The number of nitrogens with zero attached hydrogens (tertiary/aromatic N) is 2. The maximum atomic E-state index is 4.70. The van der Waals surface area contributed by atoms with Crippen molar-refractivity contribution >= 4 is 38.2 Å². The summed E-state index contributed by atoms with van der Waals surface area (Å²) in [4.78, 5) is 4.70. The first-order valence-corrected chi connectivity index (χ1v) is 7.99. The van der Waals surface area contributed by atoms with Gasteiger partial charge in [-0.15, -0.1) is 11.3 Å². The number of hydrogen-bond donors (Lipinski definition) is 0. The van der Waals surface area contributed by atoms with Crippen molar-refractivity contribution < 1.29 is 0 Å². The molecule has 19 heavy (non-hydrogen) atoms. The van der Waals surface area contributed by atoms with Gasteiger partial charge in [0.15, 0.2) is 0 Å². The number of hydrogen-bond acceptors (Lipinski definition) is 2. The highest BCUT2D eigenvalue weighted by Gasteiger charge is 2.08. The van der Waals surface area contributed by atoms with E-state index in [0.29, 0.717) is 5.92 Å². The zero-order valence-corrected chi connectivity index (χ0v) is 13.3. The van der Waals surface area contributed by atoms with Crippen LogP contribution in [0.4, 0.5) is 0 Å². The number of fused-ring (bicyclic) bond motifs is 1. The molecule has 2 heterocycles. The maximum Gasteiger partial charge on any atom is 0.0954 e. The monoisotopic (exact) mass is 334 g/mol. The van der Waals surface area contributed by atoms with Crippen LogP contribution in [-0.2, 0) is 6.54 Å². The molecule has 0 unspecified atom stereocenters. The van der Waals surface area contributed by atoms with Gasteiger partial charge >= 0.3 is 0 Å². The fraction of sp³-hybridized carbons (Fsp3) is 0.267. The van der Waals surface area contributed by atoms with Crippen LogP contribution in [0.15, 0.2) is 40.3 Å². The molecule has 0 spiro atoms. The standard InChI is InChI=1S/C15H15BrN2S/c1-10(2)15-17-13(9-19-15)8-18-6-5-11-3-4-12(16)7-14(11)18/h3-7,9-10H,8H2,1-2H3. The van der Waals surface area contributed by atoms with E-state index in [2.05, 4.69) is 70.2 Å². The Morgan fingerprint density at radius 2 is 2.16 bits per heavy atom. The van der Waals surface area contributed by atoms with Gasteiger partial charge in [-0.1, -0.05) is 35.8 Å². The summed E-state index contributed by atoms with van der Waals surface area (Å²) >= 11 is 5.29. The third kappa shape index (κ3) is 2.60. The van der Waals surface area contributed by atoms with E-state index < -0.39 is 0 Å². The van der Waals surface area contributed by atoms with Crippen LogP contribution >= 0.6 is 27.3 Å². The molecular weight excluding hydrogens is 320 g/mol. The highest BCUT2D eigenvalue weighted by Crippen LogP contribution is 2.23. The smallest absolute Gasteiger partial charge is 0.0954 e. The second-order valence-electron chi connectivity index (χ2n) is 4.98. The molecule has 0 saturated heterocycles. The average molecular weight is 335 g/mol. The third-order valence-electron chi connectivity index (χ3n) is 3.13. The minimum Gasteiger partial charge on any atom is -0.341 e. The van der Waals surface area contributed by atoms with Gasteiger partial charge in [-0.25, -0.2) is 4.98 Å². The minimum absolute atomic E-state index is 0.509. The van der Waals surface area contributed by atoms with Gasteiger partial charge in [0.1, 0.15) is 0 Å². The van der Waals surface area contributed by atoms with E-state index in [4.69, 9.17) is 4.98 Å². The number of halogens is 1. The van der Waals surface area contributed by atoms with Gasteiger partial charge in [0.25, 0.3) is 0 Å². The summed E-state index contributed by atoms with van der Waals surface area (Å²) in [6, 6.07) is 8.52. The third-order valence-corrected chi connectivity index (χ3v) is 4.82. The molecule has 0 saturated carbocycles. The van der Waals surface area contributed by atoms with Crippen molar-refractivity contribution in [1.82, 2.24) is 9.55 Å². The van der Waals surface area contributed by atoms with E-state index in [-0.39, 0.29) is 0 Å². The molecule has 0 fully saturated rings. The molecule has 3 rings (SSSR count). The summed E-state index contributed by atoms with van der Waals surface area (Å²) in [6.45, 7) is 5.21. The van der Waals surface area contributed by atoms with E-state index in [1.807, 2.05) is 0 Å². The highest BCUT2D eigenvalue weighted by molar-refractivity contribution is 9.10. The normalized spacial score (nSPS) is 11.6.